The Balaban J connectivity index is 1.80. The molecule has 3 aromatic rings. The highest BCUT2D eigenvalue weighted by molar-refractivity contribution is 5.37. The molecule has 4 nitrogen and oxygen atoms in total. The average Bonchev–Trinajstić information content (AvgIpc) is 2.91. The van der Waals surface area contributed by atoms with E-state index < -0.39 is 0 Å². The molecule has 5 heteroatoms. The van der Waals surface area contributed by atoms with Crippen LogP contribution in [0.2, 0.25) is 0 Å². The third-order valence-corrected chi connectivity index (χ3v) is 2.72. The van der Waals surface area contributed by atoms with E-state index in [1.165, 1.54) is 12.1 Å². The van der Waals surface area contributed by atoms with Gasteiger partial charge in [0, 0.05) is 0 Å². The average molecular weight is 270 g/mol. The monoisotopic (exact) mass is 270 g/mol. The van der Waals surface area contributed by atoms with Gasteiger partial charge < -0.3 is 9.84 Å². The molecule has 0 saturated heterocycles. The standard InChI is InChI=1S/C15H11FN2O2/c16-11-1-7-14(8-2-11)20-15-9-17-18(10-15)12-3-5-13(19)6-4-12/h1-10,19H. The number of phenols is 1. The third kappa shape index (κ3) is 2.61. The highest BCUT2D eigenvalue weighted by Crippen LogP contribution is 2.22. The zero-order valence-electron chi connectivity index (χ0n) is 10.4. The largest absolute Gasteiger partial charge is 0.508 e. The van der Waals surface area contributed by atoms with E-state index in [0.717, 1.165) is 5.69 Å². The Morgan fingerprint density at radius 2 is 1.65 bits per heavy atom. The van der Waals surface area contributed by atoms with Crippen molar-refractivity contribution in [3.8, 4) is 22.9 Å². The smallest absolute Gasteiger partial charge is 0.165 e. The molecular weight excluding hydrogens is 259 g/mol. The molecule has 0 aliphatic heterocycles. The Bertz CT molecular complexity index is 705. The molecule has 1 N–H and O–H groups in total. The van der Waals surface area contributed by atoms with Gasteiger partial charge in [-0.25, -0.2) is 9.07 Å². The number of phenolic OH excluding ortho intramolecular Hbond substituents is 1. The molecule has 1 aromatic heterocycles. The first-order valence-electron chi connectivity index (χ1n) is 5.98. The van der Waals surface area contributed by atoms with Crippen molar-refractivity contribution in [2.45, 2.75) is 0 Å². The van der Waals surface area contributed by atoms with Gasteiger partial charge in [-0.3, -0.25) is 0 Å². The van der Waals surface area contributed by atoms with Gasteiger partial charge in [-0.05, 0) is 48.5 Å². The van der Waals surface area contributed by atoms with Crippen molar-refractivity contribution in [3.05, 3.63) is 66.7 Å². The van der Waals surface area contributed by atoms with Crippen molar-refractivity contribution >= 4 is 0 Å². The summed E-state index contributed by atoms with van der Waals surface area (Å²) >= 11 is 0. The van der Waals surface area contributed by atoms with E-state index in [1.54, 1.807) is 53.5 Å². The van der Waals surface area contributed by atoms with Crippen LogP contribution in [0, 0.1) is 5.82 Å². The Labute approximate surface area is 114 Å². The zero-order chi connectivity index (χ0) is 13.9. The van der Waals surface area contributed by atoms with E-state index in [0.29, 0.717) is 11.5 Å². The number of hydrogen-bond donors (Lipinski definition) is 1. The van der Waals surface area contributed by atoms with Gasteiger partial charge in [0.1, 0.15) is 17.3 Å². The van der Waals surface area contributed by atoms with Crippen LogP contribution in [0.15, 0.2) is 60.9 Å². The lowest BCUT2D eigenvalue weighted by Gasteiger charge is -2.02. The number of ether oxygens (including phenoxy) is 1. The molecule has 0 atom stereocenters. The molecule has 0 radical (unpaired) electrons. The first-order valence-corrected chi connectivity index (χ1v) is 5.98. The van der Waals surface area contributed by atoms with Crippen molar-refractivity contribution in [2.75, 3.05) is 0 Å². The second kappa shape index (κ2) is 5.05. The maximum atomic E-state index is 12.8. The molecule has 0 aliphatic carbocycles. The van der Waals surface area contributed by atoms with Gasteiger partial charge in [0.05, 0.1) is 18.1 Å². The second-order valence-corrected chi connectivity index (χ2v) is 4.19. The molecule has 100 valence electrons. The van der Waals surface area contributed by atoms with E-state index in [2.05, 4.69) is 5.10 Å². The number of hydrogen-bond acceptors (Lipinski definition) is 3. The summed E-state index contributed by atoms with van der Waals surface area (Å²) in [6.07, 6.45) is 3.27. The van der Waals surface area contributed by atoms with E-state index in [-0.39, 0.29) is 11.6 Å². The van der Waals surface area contributed by atoms with Crippen LogP contribution < -0.4 is 4.74 Å². The van der Waals surface area contributed by atoms with Crippen LogP contribution in [-0.4, -0.2) is 14.9 Å². The summed E-state index contributed by atoms with van der Waals surface area (Å²) in [5.41, 5.74) is 0.803. The van der Waals surface area contributed by atoms with Gasteiger partial charge in [0.2, 0.25) is 0 Å². The van der Waals surface area contributed by atoms with E-state index >= 15 is 0 Å². The first kappa shape index (κ1) is 12.2. The minimum absolute atomic E-state index is 0.198. The molecule has 0 amide bonds. The van der Waals surface area contributed by atoms with E-state index in [4.69, 9.17) is 4.74 Å². The summed E-state index contributed by atoms with van der Waals surface area (Å²) in [6.45, 7) is 0. The molecule has 0 fully saturated rings. The van der Waals surface area contributed by atoms with Gasteiger partial charge in [0.15, 0.2) is 5.75 Å². The predicted octanol–water partition coefficient (Wildman–Crippen LogP) is 3.51. The quantitative estimate of drug-likeness (QED) is 0.792. The summed E-state index contributed by atoms with van der Waals surface area (Å²) in [7, 11) is 0. The molecule has 0 saturated carbocycles. The topological polar surface area (TPSA) is 47.3 Å². The fourth-order valence-corrected chi connectivity index (χ4v) is 1.74. The van der Waals surface area contributed by atoms with Gasteiger partial charge >= 0.3 is 0 Å². The summed E-state index contributed by atoms with van der Waals surface area (Å²) in [5.74, 6) is 0.974. The summed E-state index contributed by atoms with van der Waals surface area (Å²) in [6, 6.07) is 12.4. The van der Waals surface area contributed by atoms with E-state index in [1.807, 2.05) is 0 Å². The molecule has 0 spiro atoms. The molecule has 2 aromatic carbocycles. The number of aromatic hydroxyl groups is 1. The summed E-state index contributed by atoms with van der Waals surface area (Å²) in [5, 5.41) is 13.4. The SMILES string of the molecule is Oc1ccc(-n2cc(Oc3ccc(F)cc3)cn2)cc1. The third-order valence-electron chi connectivity index (χ3n) is 2.72. The zero-order valence-corrected chi connectivity index (χ0v) is 10.4. The van der Waals surface area contributed by atoms with Crippen LogP contribution in [0.1, 0.15) is 0 Å². The number of rotatable bonds is 3. The second-order valence-electron chi connectivity index (χ2n) is 4.19. The maximum Gasteiger partial charge on any atom is 0.165 e. The number of benzene rings is 2. The van der Waals surface area contributed by atoms with Crippen LogP contribution in [0.4, 0.5) is 4.39 Å². The first-order chi connectivity index (χ1) is 9.70. The van der Waals surface area contributed by atoms with Gasteiger partial charge in [-0.2, -0.15) is 5.10 Å². The van der Waals surface area contributed by atoms with Gasteiger partial charge in [0.25, 0.3) is 0 Å². The molecule has 0 bridgehead atoms. The van der Waals surface area contributed by atoms with Crippen LogP contribution in [0.3, 0.4) is 0 Å². The predicted molar refractivity (Wildman–Crippen MR) is 71.7 cm³/mol. The molecule has 0 aliphatic rings. The van der Waals surface area contributed by atoms with Crippen LogP contribution in [0.5, 0.6) is 17.2 Å². The Morgan fingerprint density at radius 3 is 2.35 bits per heavy atom. The summed E-state index contributed by atoms with van der Waals surface area (Å²) < 4.78 is 20.0. The van der Waals surface area contributed by atoms with Crippen molar-refractivity contribution in [1.82, 2.24) is 9.78 Å². The lowest BCUT2D eigenvalue weighted by atomic mass is 10.3. The minimum Gasteiger partial charge on any atom is -0.508 e. The van der Waals surface area contributed by atoms with Crippen LogP contribution in [-0.2, 0) is 0 Å². The number of nitrogens with zero attached hydrogens (tertiary/aromatic N) is 2. The molecule has 0 unspecified atom stereocenters. The molecule has 3 rings (SSSR count). The fourth-order valence-electron chi connectivity index (χ4n) is 1.74. The number of halogens is 1. The molecule has 1 heterocycles. The number of aromatic nitrogens is 2. The van der Waals surface area contributed by atoms with Crippen molar-refractivity contribution in [3.63, 3.8) is 0 Å². The lowest BCUT2D eigenvalue weighted by Crippen LogP contribution is -1.92. The maximum absolute atomic E-state index is 12.8. The normalized spacial score (nSPS) is 10.4. The van der Waals surface area contributed by atoms with Gasteiger partial charge in [-0.1, -0.05) is 0 Å². The highest BCUT2D eigenvalue weighted by Gasteiger charge is 2.03. The van der Waals surface area contributed by atoms with Crippen molar-refractivity contribution < 1.29 is 14.2 Å². The summed E-state index contributed by atoms with van der Waals surface area (Å²) in [4.78, 5) is 0. The van der Waals surface area contributed by atoms with Crippen LogP contribution in [0.25, 0.3) is 5.69 Å². The van der Waals surface area contributed by atoms with Gasteiger partial charge in [-0.15, -0.1) is 0 Å². The van der Waals surface area contributed by atoms with Crippen molar-refractivity contribution in [1.29, 1.82) is 0 Å². The Morgan fingerprint density at radius 1 is 0.950 bits per heavy atom. The fraction of sp³-hybridized carbons (Fsp3) is 0. The van der Waals surface area contributed by atoms with E-state index in [9.17, 15) is 9.50 Å². The highest BCUT2D eigenvalue weighted by atomic mass is 19.1. The Hall–Kier alpha value is -2.82. The molecular formula is C15H11FN2O2. The molecule has 20 heavy (non-hydrogen) atoms. The minimum atomic E-state index is -0.308. The lowest BCUT2D eigenvalue weighted by molar-refractivity contribution is 0.475. The van der Waals surface area contributed by atoms with Crippen LogP contribution >= 0.6 is 0 Å². The Kier molecular flexibility index (Phi) is 3.09. The van der Waals surface area contributed by atoms with Crippen molar-refractivity contribution in [2.24, 2.45) is 0 Å².